The molecule has 3 aromatic rings. The molecular formula is C27H28N4O3S. The molecule has 35 heavy (non-hydrogen) atoms. The van der Waals surface area contributed by atoms with Gasteiger partial charge in [-0.05, 0) is 61.4 Å². The van der Waals surface area contributed by atoms with Gasteiger partial charge >= 0.3 is 11.8 Å². The Morgan fingerprint density at radius 1 is 1.00 bits per heavy atom. The Morgan fingerprint density at radius 2 is 1.74 bits per heavy atom. The summed E-state index contributed by atoms with van der Waals surface area (Å²) in [6.45, 7) is 5.10. The minimum absolute atomic E-state index is 0.0315. The highest BCUT2D eigenvalue weighted by Gasteiger charge is 2.32. The van der Waals surface area contributed by atoms with Crippen LogP contribution in [0.25, 0.3) is 22.6 Å². The summed E-state index contributed by atoms with van der Waals surface area (Å²) in [6.07, 6.45) is 3.81. The van der Waals surface area contributed by atoms with Crippen molar-refractivity contribution in [2.24, 2.45) is 0 Å². The molecule has 1 aliphatic heterocycles. The first-order chi connectivity index (χ1) is 16.9. The van der Waals surface area contributed by atoms with Gasteiger partial charge in [-0.15, -0.1) is 11.3 Å². The lowest BCUT2D eigenvalue weighted by molar-refractivity contribution is -0.147. The maximum Gasteiger partial charge on any atom is 0.312 e. The number of nitrogens with zero attached hydrogens (tertiary/aromatic N) is 3. The molecule has 0 unspecified atom stereocenters. The number of hydrogen-bond donors (Lipinski definition) is 1. The zero-order chi connectivity index (χ0) is 24.5. The first-order valence-corrected chi connectivity index (χ1v) is 12.9. The van der Waals surface area contributed by atoms with Gasteiger partial charge in [0.25, 0.3) is 5.91 Å². The van der Waals surface area contributed by atoms with E-state index in [0.717, 1.165) is 46.1 Å². The van der Waals surface area contributed by atoms with Crippen molar-refractivity contribution in [3.8, 4) is 0 Å². The molecule has 0 bridgehead atoms. The third kappa shape index (κ3) is 4.58. The van der Waals surface area contributed by atoms with E-state index in [1.807, 2.05) is 44.2 Å². The molecule has 0 spiro atoms. The van der Waals surface area contributed by atoms with Gasteiger partial charge in [-0.3, -0.25) is 14.4 Å². The molecule has 1 fully saturated rings. The van der Waals surface area contributed by atoms with Crippen molar-refractivity contribution in [2.45, 2.75) is 32.7 Å². The summed E-state index contributed by atoms with van der Waals surface area (Å²) in [7, 11) is 0. The molecular weight excluding hydrogens is 460 g/mol. The summed E-state index contributed by atoms with van der Waals surface area (Å²) < 4.78 is 0. The van der Waals surface area contributed by atoms with Crippen LogP contribution in [0, 0.1) is 0 Å². The van der Waals surface area contributed by atoms with Crippen LogP contribution in [-0.4, -0.2) is 64.7 Å². The minimum Gasteiger partial charge on any atom is -0.346 e. The van der Waals surface area contributed by atoms with Gasteiger partial charge in [0.2, 0.25) is 0 Å². The summed E-state index contributed by atoms with van der Waals surface area (Å²) in [5, 5.41) is 5.57. The SMILES string of the molecule is CC(C)NC(=O)C(=O)N1CCN(C(=O)c2c3c(nc4ccccc24)/C(=C/c2cccs2)CC3)CC1. The third-order valence-corrected chi connectivity index (χ3v) is 7.30. The molecule has 8 heteroatoms. The number of nitrogens with one attached hydrogen (secondary N) is 1. The smallest absolute Gasteiger partial charge is 0.312 e. The van der Waals surface area contributed by atoms with E-state index in [9.17, 15) is 14.4 Å². The van der Waals surface area contributed by atoms with Gasteiger partial charge in [0.05, 0.1) is 16.8 Å². The van der Waals surface area contributed by atoms with Gasteiger partial charge in [-0.2, -0.15) is 0 Å². The average molecular weight is 489 g/mol. The number of para-hydroxylation sites is 1. The van der Waals surface area contributed by atoms with Crippen LogP contribution in [0.1, 0.15) is 46.8 Å². The minimum atomic E-state index is -0.595. The van der Waals surface area contributed by atoms with E-state index < -0.39 is 11.8 Å². The van der Waals surface area contributed by atoms with Crippen LogP contribution in [0.2, 0.25) is 0 Å². The lowest BCUT2D eigenvalue weighted by Gasteiger charge is -2.35. The summed E-state index contributed by atoms with van der Waals surface area (Å²) in [4.78, 5) is 47.9. The number of aromatic nitrogens is 1. The number of pyridine rings is 1. The number of carbonyl (C=O) groups is 3. The molecule has 7 nitrogen and oxygen atoms in total. The van der Waals surface area contributed by atoms with Crippen molar-refractivity contribution in [2.75, 3.05) is 26.2 Å². The van der Waals surface area contributed by atoms with E-state index in [1.54, 1.807) is 16.2 Å². The molecule has 0 atom stereocenters. The van der Waals surface area contributed by atoms with Gasteiger partial charge in [0, 0.05) is 42.5 Å². The Bertz CT molecular complexity index is 1320. The number of rotatable bonds is 3. The number of thiophene rings is 1. The van der Waals surface area contributed by atoms with Crippen LogP contribution in [-0.2, 0) is 16.0 Å². The Morgan fingerprint density at radius 3 is 2.46 bits per heavy atom. The maximum atomic E-state index is 13.9. The maximum absolute atomic E-state index is 13.9. The van der Waals surface area contributed by atoms with E-state index in [0.29, 0.717) is 26.2 Å². The van der Waals surface area contributed by atoms with Crippen molar-refractivity contribution in [3.05, 3.63) is 63.5 Å². The lowest BCUT2D eigenvalue weighted by atomic mass is 9.99. The van der Waals surface area contributed by atoms with Crippen molar-refractivity contribution in [1.29, 1.82) is 0 Å². The molecule has 2 aromatic heterocycles. The quantitative estimate of drug-likeness (QED) is 0.571. The zero-order valence-corrected chi connectivity index (χ0v) is 20.7. The van der Waals surface area contributed by atoms with E-state index in [4.69, 9.17) is 4.98 Å². The van der Waals surface area contributed by atoms with Gasteiger partial charge in [0.1, 0.15) is 0 Å². The Hall–Kier alpha value is -3.52. The Kier molecular flexibility index (Phi) is 6.38. The largest absolute Gasteiger partial charge is 0.346 e. The Labute approximate surface area is 208 Å². The molecule has 2 aliphatic rings. The number of carbonyl (C=O) groups excluding carboxylic acids is 3. The predicted molar refractivity (Wildman–Crippen MR) is 138 cm³/mol. The van der Waals surface area contributed by atoms with E-state index in [-0.39, 0.29) is 11.9 Å². The highest BCUT2D eigenvalue weighted by molar-refractivity contribution is 7.10. The van der Waals surface area contributed by atoms with Crippen molar-refractivity contribution in [3.63, 3.8) is 0 Å². The fourth-order valence-electron chi connectivity index (χ4n) is 4.81. The molecule has 1 aliphatic carbocycles. The molecule has 3 amide bonds. The van der Waals surface area contributed by atoms with Crippen LogP contribution in [0.4, 0.5) is 0 Å². The summed E-state index contributed by atoms with van der Waals surface area (Å²) in [5.41, 5.74) is 4.62. The van der Waals surface area contributed by atoms with Crippen molar-refractivity contribution in [1.82, 2.24) is 20.1 Å². The second kappa shape index (κ2) is 9.62. The summed E-state index contributed by atoms with van der Waals surface area (Å²) >= 11 is 1.69. The highest BCUT2D eigenvalue weighted by Crippen LogP contribution is 2.38. The summed E-state index contributed by atoms with van der Waals surface area (Å²) in [5.74, 6) is -1.16. The predicted octanol–water partition coefficient (Wildman–Crippen LogP) is 3.59. The first kappa shape index (κ1) is 23.2. The standard InChI is InChI=1S/C27H28N4O3S/c1-17(2)28-25(32)27(34)31-13-11-30(12-14-31)26(33)23-20-7-3-4-8-22(20)29-24-18(9-10-21(23)24)16-19-6-5-15-35-19/h3-8,15-17H,9-14H2,1-2H3,(H,28,32)/b18-16+. The molecule has 3 heterocycles. The highest BCUT2D eigenvalue weighted by atomic mass is 32.1. The molecule has 0 saturated carbocycles. The van der Waals surface area contributed by atoms with E-state index in [1.165, 1.54) is 9.78 Å². The first-order valence-electron chi connectivity index (χ1n) is 12.0. The van der Waals surface area contributed by atoms with Gasteiger partial charge < -0.3 is 15.1 Å². The second-order valence-electron chi connectivity index (χ2n) is 9.23. The van der Waals surface area contributed by atoms with E-state index >= 15 is 0 Å². The number of amides is 3. The van der Waals surface area contributed by atoms with E-state index in [2.05, 4.69) is 22.8 Å². The van der Waals surface area contributed by atoms with Crippen LogP contribution < -0.4 is 5.32 Å². The summed E-state index contributed by atoms with van der Waals surface area (Å²) in [6, 6.07) is 11.8. The molecule has 180 valence electrons. The van der Waals surface area contributed by atoms with Crippen molar-refractivity contribution >= 4 is 51.6 Å². The van der Waals surface area contributed by atoms with Gasteiger partial charge in [0.15, 0.2) is 0 Å². The van der Waals surface area contributed by atoms with Crippen LogP contribution >= 0.6 is 11.3 Å². The van der Waals surface area contributed by atoms with Crippen molar-refractivity contribution < 1.29 is 14.4 Å². The number of benzene rings is 1. The second-order valence-corrected chi connectivity index (χ2v) is 10.2. The molecule has 0 radical (unpaired) electrons. The molecule has 1 aromatic carbocycles. The topological polar surface area (TPSA) is 82.6 Å². The van der Waals surface area contributed by atoms with Crippen LogP contribution in [0.5, 0.6) is 0 Å². The average Bonchev–Trinajstić information content (AvgIpc) is 3.52. The van der Waals surface area contributed by atoms with Gasteiger partial charge in [-0.25, -0.2) is 4.98 Å². The Balaban J connectivity index is 1.42. The molecule has 1 N–H and O–H groups in total. The monoisotopic (exact) mass is 488 g/mol. The molecule has 5 rings (SSSR count). The fourth-order valence-corrected chi connectivity index (χ4v) is 5.49. The van der Waals surface area contributed by atoms with Gasteiger partial charge in [-0.1, -0.05) is 24.3 Å². The number of fused-ring (bicyclic) bond motifs is 2. The normalized spacial score (nSPS) is 16.7. The van der Waals surface area contributed by atoms with Crippen LogP contribution in [0.15, 0.2) is 41.8 Å². The fraction of sp³-hybridized carbons (Fsp3) is 0.333. The third-order valence-electron chi connectivity index (χ3n) is 6.48. The zero-order valence-electron chi connectivity index (χ0n) is 19.9. The number of piperazine rings is 1. The number of hydrogen-bond acceptors (Lipinski definition) is 5. The molecule has 1 saturated heterocycles. The van der Waals surface area contributed by atoms with Crippen LogP contribution in [0.3, 0.4) is 0 Å². The number of allylic oxidation sites excluding steroid dienone is 1. The lowest BCUT2D eigenvalue weighted by Crippen LogP contribution is -2.54.